The van der Waals surface area contributed by atoms with Crippen LogP contribution >= 0.6 is 15.9 Å². The SMILES string of the molecule is O=C(O)c1ccc(NC(c2ccccc2)c2ccc(Br)cc2)cc1. The number of anilines is 1. The summed E-state index contributed by atoms with van der Waals surface area (Å²) in [7, 11) is 0. The smallest absolute Gasteiger partial charge is 0.335 e. The highest BCUT2D eigenvalue weighted by Gasteiger charge is 2.14. The van der Waals surface area contributed by atoms with Crippen molar-refractivity contribution in [3.63, 3.8) is 0 Å². The van der Waals surface area contributed by atoms with Gasteiger partial charge in [-0.2, -0.15) is 0 Å². The van der Waals surface area contributed by atoms with Gasteiger partial charge in [-0.1, -0.05) is 58.4 Å². The Balaban J connectivity index is 1.93. The first-order valence-corrected chi connectivity index (χ1v) is 8.33. The molecule has 120 valence electrons. The third kappa shape index (κ3) is 3.84. The quantitative estimate of drug-likeness (QED) is 0.626. The molecule has 0 aliphatic carbocycles. The Morgan fingerprint density at radius 3 is 2.00 bits per heavy atom. The Kier molecular flexibility index (Phi) is 4.96. The van der Waals surface area contributed by atoms with E-state index in [1.165, 1.54) is 0 Å². The van der Waals surface area contributed by atoms with Gasteiger partial charge >= 0.3 is 5.97 Å². The molecule has 24 heavy (non-hydrogen) atoms. The van der Waals surface area contributed by atoms with Crippen molar-refractivity contribution in [1.29, 1.82) is 0 Å². The third-order valence-corrected chi connectivity index (χ3v) is 4.31. The van der Waals surface area contributed by atoms with E-state index < -0.39 is 5.97 Å². The minimum atomic E-state index is -0.922. The van der Waals surface area contributed by atoms with E-state index in [0.29, 0.717) is 0 Å². The van der Waals surface area contributed by atoms with Gasteiger partial charge in [0.2, 0.25) is 0 Å². The first-order valence-electron chi connectivity index (χ1n) is 7.54. The predicted octanol–water partition coefficient (Wildman–Crippen LogP) is 5.35. The Hall–Kier alpha value is -2.59. The number of hydrogen-bond acceptors (Lipinski definition) is 2. The van der Waals surface area contributed by atoms with Crippen molar-refractivity contribution >= 4 is 27.6 Å². The van der Waals surface area contributed by atoms with Crippen LogP contribution in [0.1, 0.15) is 27.5 Å². The summed E-state index contributed by atoms with van der Waals surface area (Å²) in [5.41, 5.74) is 3.42. The molecular weight excluding hydrogens is 366 g/mol. The van der Waals surface area contributed by atoms with Gasteiger partial charge in [0.25, 0.3) is 0 Å². The summed E-state index contributed by atoms with van der Waals surface area (Å²) < 4.78 is 1.03. The predicted molar refractivity (Wildman–Crippen MR) is 99.5 cm³/mol. The molecule has 2 N–H and O–H groups in total. The molecule has 1 atom stereocenters. The minimum Gasteiger partial charge on any atom is -0.478 e. The number of carboxylic acid groups (broad SMARTS) is 1. The van der Waals surface area contributed by atoms with Crippen LogP contribution < -0.4 is 5.32 Å². The van der Waals surface area contributed by atoms with Crippen molar-refractivity contribution in [2.75, 3.05) is 5.32 Å². The Bertz CT molecular complexity index is 815. The van der Waals surface area contributed by atoms with Crippen molar-refractivity contribution in [2.45, 2.75) is 6.04 Å². The minimum absolute atomic E-state index is 0.0185. The van der Waals surface area contributed by atoms with Crippen molar-refractivity contribution in [2.24, 2.45) is 0 Å². The van der Waals surface area contributed by atoms with Crippen LogP contribution in [0.15, 0.2) is 83.3 Å². The molecule has 3 aromatic carbocycles. The van der Waals surface area contributed by atoms with Gasteiger partial charge < -0.3 is 10.4 Å². The van der Waals surface area contributed by atoms with Gasteiger partial charge in [-0.25, -0.2) is 4.79 Å². The van der Waals surface area contributed by atoms with E-state index in [9.17, 15) is 4.79 Å². The van der Waals surface area contributed by atoms with E-state index in [1.807, 2.05) is 30.3 Å². The monoisotopic (exact) mass is 381 g/mol. The van der Waals surface area contributed by atoms with E-state index in [-0.39, 0.29) is 11.6 Å². The molecule has 3 rings (SSSR count). The second kappa shape index (κ2) is 7.32. The van der Waals surface area contributed by atoms with Crippen molar-refractivity contribution in [3.05, 3.63) is 100 Å². The van der Waals surface area contributed by atoms with Crippen LogP contribution in [0.4, 0.5) is 5.69 Å². The van der Waals surface area contributed by atoms with Crippen LogP contribution in [-0.2, 0) is 0 Å². The molecule has 0 saturated heterocycles. The van der Waals surface area contributed by atoms with Gasteiger partial charge in [0.05, 0.1) is 11.6 Å². The fourth-order valence-corrected chi connectivity index (χ4v) is 2.80. The molecule has 1 unspecified atom stereocenters. The molecule has 0 amide bonds. The molecule has 3 nitrogen and oxygen atoms in total. The first kappa shape index (κ1) is 16.3. The average molecular weight is 382 g/mol. The number of rotatable bonds is 5. The highest BCUT2D eigenvalue weighted by molar-refractivity contribution is 9.10. The Labute approximate surface area is 149 Å². The molecular formula is C20H16BrNO2. The number of halogens is 1. The number of hydrogen-bond donors (Lipinski definition) is 2. The molecule has 0 aliphatic rings. The molecule has 0 radical (unpaired) electrons. The van der Waals surface area contributed by atoms with E-state index in [0.717, 1.165) is 21.3 Å². The van der Waals surface area contributed by atoms with Gasteiger partial charge in [-0.15, -0.1) is 0 Å². The first-order chi connectivity index (χ1) is 11.6. The molecule has 0 aromatic heterocycles. The molecule has 0 saturated carbocycles. The molecule has 0 bridgehead atoms. The molecule has 0 fully saturated rings. The second-order valence-electron chi connectivity index (χ2n) is 5.42. The van der Waals surface area contributed by atoms with Crippen molar-refractivity contribution in [3.8, 4) is 0 Å². The van der Waals surface area contributed by atoms with Crippen molar-refractivity contribution in [1.82, 2.24) is 0 Å². The maximum Gasteiger partial charge on any atom is 0.335 e. The maximum absolute atomic E-state index is 11.0. The zero-order valence-electron chi connectivity index (χ0n) is 12.8. The summed E-state index contributed by atoms with van der Waals surface area (Å²) >= 11 is 3.46. The lowest BCUT2D eigenvalue weighted by atomic mass is 9.98. The lowest BCUT2D eigenvalue weighted by Crippen LogP contribution is -2.12. The summed E-state index contributed by atoms with van der Waals surface area (Å²) in [4.78, 5) is 11.0. The van der Waals surface area contributed by atoms with E-state index in [4.69, 9.17) is 5.11 Å². The van der Waals surface area contributed by atoms with Gasteiger partial charge in [-0.05, 0) is 47.5 Å². The third-order valence-electron chi connectivity index (χ3n) is 3.78. The van der Waals surface area contributed by atoms with E-state index in [1.54, 1.807) is 24.3 Å². The van der Waals surface area contributed by atoms with Gasteiger partial charge in [0.15, 0.2) is 0 Å². The number of carbonyl (C=O) groups is 1. The summed E-state index contributed by atoms with van der Waals surface area (Å²) in [6.07, 6.45) is 0. The lowest BCUT2D eigenvalue weighted by molar-refractivity contribution is 0.0697. The summed E-state index contributed by atoms with van der Waals surface area (Å²) in [6, 6.07) is 25.1. The van der Waals surface area contributed by atoms with Gasteiger partial charge in [0.1, 0.15) is 0 Å². The molecule has 3 aromatic rings. The number of nitrogens with one attached hydrogen (secondary N) is 1. The largest absolute Gasteiger partial charge is 0.478 e. The summed E-state index contributed by atoms with van der Waals surface area (Å²) in [5, 5.41) is 12.5. The van der Waals surface area contributed by atoms with Gasteiger partial charge in [-0.3, -0.25) is 0 Å². The van der Waals surface area contributed by atoms with Crippen LogP contribution in [0.25, 0.3) is 0 Å². The van der Waals surface area contributed by atoms with Crippen molar-refractivity contribution < 1.29 is 9.90 Å². The van der Waals surface area contributed by atoms with E-state index >= 15 is 0 Å². The van der Waals surface area contributed by atoms with Crippen LogP contribution in [0.5, 0.6) is 0 Å². The summed E-state index contributed by atoms with van der Waals surface area (Å²) in [6.45, 7) is 0. The molecule has 0 heterocycles. The normalized spacial score (nSPS) is 11.7. The fraction of sp³-hybridized carbons (Fsp3) is 0.0500. The Morgan fingerprint density at radius 1 is 0.833 bits per heavy atom. The average Bonchev–Trinajstić information content (AvgIpc) is 2.62. The lowest BCUT2D eigenvalue weighted by Gasteiger charge is -2.21. The van der Waals surface area contributed by atoms with Crippen LogP contribution in [0.2, 0.25) is 0 Å². The number of carboxylic acids is 1. The topological polar surface area (TPSA) is 49.3 Å². The maximum atomic E-state index is 11.0. The molecule has 4 heteroatoms. The van der Waals surface area contributed by atoms with E-state index in [2.05, 4.69) is 45.5 Å². The summed E-state index contributed by atoms with van der Waals surface area (Å²) in [5.74, 6) is -0.922. The zero-order valence-corrected chi connectivity index (χ0v) is 14.4. The molecule has 0 aliphatic heterocycles. The standard InChI is InChI=1S/C20H16BrNO2/c21-17-10-6-15(7-11-17)19(14-4-2-1-3-5-14)22-18-12-8-16(9-13-18)20(23)24/h1-13,19,22H,(H,23,24). The highest BCUT2D eigenvalue weighted by Crippen LogP contribution is 2.27. The highest BCUT2D eigenvalue weighted by atomic mass is 79.9. The van der Waals surface area contributed by atoms with Crippen LogP contribution in [-0.4, -0.2) is 11.1 Å². The van der Waals surface area contributed by atoms with Crippen LogP contribution in [0.3, 0.4) is 0 Å². The van der Waals surface area contributed by atoms with Crippen LogP contribution in [0, 0.1) is 0 Å². The zero-order chi connectivity index (χ0) is 16.9. The molecule has 0 spiro atoms. The number of benzene rings is 3. The van der Waals surface area contributed by atoms with Gasteiger partial charge in [0, 0.05) is 10.2 Å². The second-order valence-corrected chi connectivity index (χ2v) is 6.34. The number of aromatic carboxylic acids is 1. The fourth-order valence-electron chi connectivity index (χ4n) is 2.54. The Morgan fingerprint density at radius 2 is 1.42 bits per heavy atom.